The van der Waals surface area contributed by atoms with E-state index in [9.17, 15) is 0 Å². The number of allylic oxidation sites excluding steroid dienone is 5. The topological polar surface area (TPSA) is 21.7 Å². The van der Waals surface area contributed by atoms with Crippen LogP contribution in [0.4, 0.5) is 0 Å². The van der Waals surface area contributed by atoms with E-state index in [-0.39, 0.29) is 11.6 Å². The molecule has 0 aliphatic carbocycles. The zero-order chi connectivity index (χ0) is 14.7. The van der Waals surface area contributed by atoms with Crippen LogP contribution in [0.25, 0.3) is 0 Å². The van der Waals surface area contributed by atoms with Gasteiger partial charge < -0.3 is 4.74 Å². The second kappa shape index (κ2) is 9.96. The van der Waals surface area contributed by atoms with Gasteiger partial charge >= 0.3 is 0 Å². The Balaban J connectivity index is 0.000000399. The molecule has 0 saturated carbocycles. The van der Waals surface area contributed by atoms with Gasteiger partial charge in [0.25, 0.3) is 0 Å². The van der Waals surface area contributed by atoms with Crippen LogP contribution < -0.4 is 0 Å². The Morgan fingerprint density at radius 2 is 1.95 bits per heavy atom. The molecule has 1 atom stereocenters. The number of hydrogen-bond acceptors (Lipinski definition) is 3. The molecule has 0 N–H and O–H groups in total. The lowest BCUT2D eigenvalue weighted by Gasteiger charge is -2.34. The van der Waals surface area contributed by atoms with Gasteiger partial charge in [-0.1, -0.05) is 57.7 Å². The van der Waals surface area contributed by atoms with Crippen LogP contribution in [0, 0.1) is 5.41 Å². The average Bonchev–Trinajstić information content (AvgIpc) is 2.83. The number of rotatable bonds is 4. The summed E-state index contributed by atoms with van der Waals surface area (Å²) in [6.07, 6.45) is 10.7. The predicted molar refractivity (Wildman–Crippen MR) is 81.7 cm³/mol. The minimum atomic E-state index is 0.0694. The third-order valence-corrected chi connectivity index (χ3v) is 2.56. The maximum atomic E-state index is 5.44. The molecule has 1 unspecified atom stereocenters. The molecule has 0 spiro atoms. The van der Waals surface area contributed by atoms with Crippen molar-refractivity contribution in [1.29, 1.82) is 0 Å². The Morgan fingerprint density at radius 1 is 1.26 bits per heavy atom. The van der Waals surface area contributed by atoms with E-state index in [1.165, 1.54) is 0 Å². The zero-order valence-electron chi connectivity index (χ0n) is 13.1. The van der Waals surface area contributed by atoms with Crippen molar-refractivity contribution in [2.75, 3.05) is 20.3 Å². The Kier molecular flexibility index (Phi) is 9.48. The van der Waals surface area contributed by atoms with E-state index in [2.05, 4.69) is 27.4 Å². The highest BCUT2D eigenvalue weighted by molar-refractivity contribution is 5.07. The van der Waals surface area contributed by atoms with Crippen LogP contribution >= 0.6 is 0 Å². The molecule has 1 fully saturated rings. The molecule has 1 rings (SSSR count). The first-order valence-corrected chi connectivity index (χ1v) is 6.80. The van der Waals surface area contributed by atoms with Gasteiger partial charge in [-0.05, 0) is 13.3 Å². The molecule has 19 heavy (non-hydrogen) atoms. The third-order valence-electron chi connectivity index (χ3n) is 2.56. The number of nitrogens with zero attached hydrogens (tertiary/aromatic N) is 1. The van der Waals surface area contributed by atoms with Gasteiger partial charge in [-0.3, -0.25) is 4.84 Å². The summed E-state index contributed by atoms with van der Waals surface area (Å²) in [4.78, 5) is 5.44. The fraction of sp³-hybridized carbons (Fsp3) is 0.625. The van der Waals surface area contributed by atoms with Crippen LogP contribution in [-0.4, -0.2) is 31.6 Å². The lowest BCUT2D eigenvalue weighted by molar-refractivity contribution is -0.243. The second-order valence-corrected chi connectivity index (χ2v) is 5.43. The Labute approximate surface area is 118 Å². The van der Waals surface area contributed by atoms with E-state index in [0.29, 0.717) is 0 Å². The van der Waals surface area contributed by atoms with Gasteiger partial charge in [-0.15, -0.1) is 0 Å². The van der Waals surface area contributed by atoms with E-state index >= 15 is 0 Å². The van der Waals surface area contributed by atoms with E-state index in [4.69, 9.17) is 9.57 Å². The van der Waals surface area contributed by atoms with Crippen LogP contribution in [-0.2, 0) is 9.57 Å². The van der Waals surface area contributed by atoms with Crippen LogP contribution in [0.2, 0.25) is 0 Å². The van der Waals surface area contributed by atoms with Crippen molar-refractivity contribution in [1.82, 2.24) is 5.06 Å². The summed E-state index contributed by atoms with van der Waals surface area (Å²) in [5, 5.41) is 1.94. The summed E-state index contributed by atoms with van der Waals surface area (Å²) in [5.41, 5.74) is 0.110. The SMILES string of the molecule is C=C/C=C\C=C/C.COC(N1CCCO1)C(C)(C)C. The highest BCUT2D eigenvalue weighted by Crippen LogP contribution is 2.26. The quantitative estimate of drug-likeness (QED) is 0.720. The highest BCUT2D eigenvalue weighted by atomic mass is 16.7. The van der Waals surface area contributed by atoms with Crippen LogP contribution in [0.5, 0.6) is 0 Å². The number of methoxy groups -OCH3 is 1. The highest BCUT2D eigenvalue weighted by Gasteiger charge is 2.32. The second-order valence-electron chi connectivity index (χ2n) is 5.43. The van der Waals surface area contributed by atoms with Crippen molar-refractivity contribution in [3.05, 3.63) is 37.0 Å². The summed E-state index contributed by atoms with van der Waals surface area (Å²) >= 11 is 0. The Bertz CT molecular complexity index is 284. The van der Waals surface area contributed by atoms with Gasteiger partial charge in [0.2, 0.25) is 0 Å². The summed E-state index contributed by atoms with van der Waals surface area (Å²) < 4.78 is 5.40. The average molecular weight is 267 g/mol. The molecule has 1 aliphatic heterocycles. The van der Waals surface area contributed by atoms with Gasteiger partial charge in [0.1, 0.15) is 6.23 Å². The van der Waals surface area contributed by atoms with Crippen molar-refractivity contribution in [2.45, 2.75) is 40.3 Å². The molecular formula is C16H29NO2. The fourth-order valence-corrected chi connectivity index (χ4v) is 1.81. The van der Waals surface area contributed by atoms with Gasteiger partial charge in [-0.25, -0.2) is 0 Å². The van der Waals surface area contributed by atoms with Crippen molar-refractivity contribution in [2.24, 2.45) is 5.41 Å². The molecule has 1 aliphatic rings. The first-order chi connectivity index (χ1) is 8.97. The van der Waals surface area contributed by atoms with Crippen LogP contribution in [0.1, 0.15) is 34.1 Å². The van der Waals surface area contributed by atoms with E-state index in [1.807, 2.05) is 36.3 Å². The van der Waals surface area contributed by atoms with E-state index in [0.717, 1.165) is 19.6 Å². The zero-order valence-corrected chi connectivity index (χ0v) is 13.1. The largest absolute Gasteiger partial charge is 0.364 e. The summed E-state index contributed by atoms with van der Waals surface area (Å²) in [7, 11) is 1.73. The van der Waals surface area contributed by atoms with Gasteiger partial charge in [0.15, 0.2) is 0 Å². The van der Waals surface area contributed by atoms with E-state index in [1.54, 1.807) is 13.2 Å². The molecular weight excluding hydrogens is 238 g/mol. The summed E-state index contributed by atoms with van der Waals surface area (Å²) in [6, 6.07) is 0. The maximum absolute atomic E-state index is 5.44. The molecule has 110 valence electrons. The van der Waals surface area contributed by atoms with Crippen molar-refractivity contribution in [3.63, 3.8) is 0 Å². The Morgan fingerprint density at radius 3 is 2.32 bits per heavy atom. The van der Waals surface area contributed by atoms with E-state index < -0.39 is 0 Å². The normalized spacial score (nSPS) is 18.6. The molecule has 0 radical (unpaired) electrons. The first-order valence-electron chi connectivity index (χ1n) is 6.80. The molecule has 0 aromatic heterocycles. The lowest BCUT2D eigenvalue weighted by Crippen LogP contribution is -2.43. The Hall–Kier alpha value is -0.900. The molecule has 0 bridgehead atoms. The number of ether oxygens (including phenoxy) is 1. The minimum Gasteiger partial charge on any atom is -0.364 e. The minimum absolute atomic E-state index is 0.0694. The maximum Gasteiger partial charge on any atom is 0.137 e. The number of hydrogen-bond donors (Lipinski definition) is 0. The smallest absolute Gasteiger partial charge is 0.137 e. The van der Waals surface area contributed by atoms with Crippen LogP contribution in [0.3, 0.4) is 0 Å². The monoisotopic (exact) mass is 267 g/mol. The summed E-state index contributed by atoms with van der Waals surface area (Å²) in [6.45, 7) is 13.8. The van der Waals surface area contributed by atoms with Gasteiger partial charge in [-0.2, -0.15) is 5.06 Å². The predicted octanol–water partition coefficient (Wildman–Crippen LogP) is 3.95. The lowest BCUT2D eigenvalue weighted by atomic mass is 9.94. The van der Waals surface area contributed by atoms with Crippen molar-refractivity contribution >= 4 is 0 Å². The summed E-state index contributed by atoms with van der Waals surface area (Å²) in [5.74, 6) is 0. The standard InChI is InChI=1S/C9H19NO2.C7H10/c1-9(2,3)8(11-4)10-6-5-7-12-10;1-3-5-7-6-4-2/h8H,5-7H2,1-4H3;3-7H,1H2,2H3/b;6-4-,7-5-. The first kappa shape index (κ1) is 18.1. The molecule has 0 aromatic carbocycles. The molecule has 0 aromatic rings. The van der Waals surface area contributed by atoms with Crippen molar-refractivity contribution in [3.8, 4) is 0 Å². The molecule has 1 heterocycles. The van der Waals surface area contributed by atoms with Crippen molar-refractivity contribution < 1.29 is 9.57 Å². The third kappa shape index (κ3) is 7.98. The molecule has 3 nitrogen and oxygen atoms in total. The number of hydroxylamine groups is 2. The van der Waals surface area contributed by atoms with Gasteiger partial charge in [0, 0.05) is 19.1 Å². The molecule has 3 heteroatoms. The van der Waals surface area contributed by atoms with Crippen LogP contribution in [0.15, 0.2) is 37.0 Å². The fourth-order valence-electron chi connectivity index (χ4n) is 1.81. The molecule has 1 saturated heterocycles. The van der Waals surface area contributed by atoms with Gasteiger partial charge in [0.05, 0.1) is 6.61 Å². The molecule has 0 amide bonds.